The number of nitriles is 1. The van der Waals surface area contributed by atoms with Crippen LogP contribution in [-0.4, -0.2) is 36.6 Å². The third kappa shape index (κ3) is 7.30. The van der Waals surface area contributed by atoms with Crippen LogP contribution in [0.3, 0.4) is 0 Å². The van der Waals surface area contributed by atoms with Gasteiger partial charge in [-0.05, 0) is 32.8 Å². The molecule has 24 heavy (non-hydrogen) atoms. The van der Waals surface area contributed by atoms with Crippen molar-refractivity contribution in [1.29, 1.82) is 5.26 Å². The number of hydrogen-bond acceptors (Lipinski definition) is 4. The minimum Gasteiger partial charge on any atom is -0.382 e. The summed E-state index contributed by atoms with van der Waals surface area (Å²) in [6.45, 7) is 8.43. The van der Waals surface area contributed by atoms with Crippen molar-refractivity contribution in [2.24, 2.45) is 0 Å². The van der Waals surface area contributed by atoms with Gasteiger partial charge in [0, 0.05) is 38.5 Å². The maximum atomic E-state index is 12.1. The summed E-state index contributed by atoms with van der Waals surface area (Å²) in [6, 6.07) is 12.2. The zero-order chi connectivity index (χ0) is 17.8. The summed E-state index contributed by atoms with van der Waals surface area (Å²) in [5, 5.41) is 12.1. The fourth-order valence-corrected chi connectivity index (χ4v) is 2.09. The van der Waals surface area contributed by atoms with Gasteiger partial charge >= 0.3 is 0 Å². The molecule has 0 fully saturated rings. The molecule has 130 valence electrons. The van der Waals surface area contributed by atoms with Crippen LogP contribution in [0.1, 0.15) is 32.8 Å². The topological polar surface area (TPSA) is 65.4 Å². The number of carbonyl (C=O) groups excluding carboxylic acids is 1. The van der Waals surface area contributed by atoms with Crippen molar-refractivity contribution >= 4 is 5.91 Å². The maximum Gasteiger partial charge on any atom is 0.263 e. The van der Waals surface area contributed by atoms with Crippen LogP contribution in [0.5, 0.6) is 0 Å². The number of benzene rings is 1. The highest BCUT2D eigenvalue weighted by Crippen LogP contribution is 2.10. The van der Waals surface area contributed by atoms with Gasteiger partial charge in [0.2, 0.25) is 0 Å². The van der Waals surface area contributed by atoms with Gasteiger partial charge in [-0.1, -0.05) is 30.3 Å². The summed E-state index contributed by atoms with van der Waals surface area (Å²) < 4.78 is 5.23. The largest absolute Gasteiger partial charge is 0.382 e. The molecule has 0 atom stereocenters. The predicted molar refractivity (Wildman–Crippen MR) is 94.9 cm³/mol. The molecule has 0 saturated carbocycles. The highest BCUT2D eigenvalue weighted by atomic mass is 16.5. The molecule has 0 aliphatic rings. The van der Waals surface area contributed by atoms with Gasteiger partial charge in [0.1, 0.15) is 11.6 Å². The van der Waals surface area contributed by atoms with Crippen molar-refractivity contribution in [1.82, 2.24) is 10.2 Å². The first-order valence-corrected chi connectivity index (χ1v) is 8.36. The molecule has 1 aromatic carbocycles. The lowest BCUT2D eigenvalue weighted by Gasteiger charge is -2.25. The van der Waals surface area contributed by atoms with E-state index in [0.29, 0.717) is 26.3 Å². The third-order valence-corrected chi connectivity index (χ3v) is 3.49. The number of nitrogens with one attached hydrogen (secondary N) is 1. The zero-order valence-electron chi connectivity index (χ0n) is 14.8. The molecule has 1 amide bonds. The van der Waals surface area contributed by atoms with E-state index in [-0.39, 0.29) is 17.5 Å². The van der Waals surface area contributed by atoms with Crippen molar-refractivity contribution < 1.29 is 9.53 Å². The van der Waals surface area contributed by atoms with Gasteiger partial charge in [0.25, 0.3) is 5.91 Å². The molecule has 0 aliphatic heterocycles. The van der Waals surface area contributed by atoms with Crippen LogP contribution in [0.25, 0.3) is 0 Å². The van der Waals surface area contributed by atoms with Crippen molar-refractivity contribution in [3.63, 3.8) is 0 Å². The van der Waals surface area contributed by atoms with Crippen molar-refractivity contribution in [3.8, 4) is 6.07 Å². The van der Waals surface area contributed by atoms with Gasteiger partial charge in [-0.15, -0.1) is 0 Å². The summed E-state index contributed by atoms with van der Waals surface area (Å²) in [6.07, 6.45) is 2.38. The molecular weight excluding hydrogens is 302 g/mol. The van der Waals surface area contributed by atoms with E-state index in [9.17, 15) is 10.1 Å². The molecule has 0 saturated heterocycles. The summed E-state index contributed by atoms with van der Waals surface area (Å²) in [4.78, 5) is 14.1. The van der Waals surface area contributed by atoms with Crippen molar-refractivity contribution in [2.45, 2.75) is 39.8 Å². The first-order chi connectivity index (χ1) is 11.6. The molecule has 0 aromatic heterocycles. The van der Waals surface area contributed by atoms with Crippen LogP contribution in [0.15, 0.2) is 42.1 Å². The van der Waals surface area contributed by atoms with E-state index in [1.165, 1.54) is 0 Å². The van der Waals surface area contributed by atoms with Gasteiger partial charge < -0.3 is 15.0 Å². The standard InChI is InChI=1S/C19H27N3O2/c1-4-24-12-8-11-21-19(23)18(13-20)15-22(16(2)3)14-17-9-6-5-7-10-17/h5-7,9-10,15-16H,4,8,11-12,14H2,1-3H3,(H,21,23)/b18-15-. The normalized spacial score (nSPS) is 11.2. The Balaban J connectivity index is 2.67. The number of carbonyl (C=O) groups is 1. The predicted octanol–water partition coefficient (Wildman–Crippen LogP) is 2.85. The quantitative estimate of drug-likeness (QED) is 0.407. The Morgan fingerprint density at radius 2 is 2.08 bits per heavy atom. The second-order valence-corrected chi connectivity index (χ2v) is 5.71. The number of amides is 1. The van der Waals surface area contributed by atoms with Crippen LogP contribution >= 0.6 is 0 Å². The van der Waals surface area contributed by atoms with Gasteiger partial charge in [0.05, 0.1) is 0 Å². The molecule has 0 aliphatic carbocycles. The lowest BCUT2D eigenvalue weighted by Crippen LogP contribution is -2.30. The Hall–Kier alpha value is -2.32. The molecule has 5 heteroatoms. The molecule has 1 N–H and O–H groups in total. The molecule has 0 spiro atoms. The van der Waals surface area contributed by atoms with E-state index < -0.39 is 0 Å². The highest BCUT2D eigenvalue weighted by molar-refractivity contribution is 5.97. The first kappa shape index (κ1) is 19.7. The maximum absolute atomic E-state index is 12.1. The fourth-order valence-electron chi connectivity index (χ4n) is 2.09. The average Bonchev–Trinajstić information content (AvgIpc) is 2.58. The number of ether oxygens (including phenoxy) is 1. The summed E-state index contributed by atoms with van der Waals surface area (Å²) in [5.41, 5.74) is 1.26. The van der Waals surface area contributed by atoms with Crippen molar-refractivity contribution in [2.75, 3.05) is 19.8 Å². The van der Waals surface area contributed by atoms with E-state index in [4.69, 9.17) is 4.74 Å². The smallest absolute Gasteiger partial charge is 0.263 e. The zero-order valence-corrected chi connectivity index (χ0v) is 14.8. The van der Waals surface area contributed by atoms with Crippen LogP contribution in [0.4, 0.5) is 0 Å². The Morgan fingerprint density at radius 1 is 1.38 bits per heavy atom. The molecule has 5 nitrogen and oxygen atoms in total. The molecule has 0 heterocycles. The summed E-state index contributed by atoms with van der Waals surface area (Å²) in [7, 11) is 0. The Labute approximate surface area is 144 Å². The van der Waals surface area contributed by atoms with Crippen LogP contribution in [-0.2, 0) is 16.1 Å². The third-order valence-electron chi connectivity index (χ3n) is 3.49. The molecule has 1 rings (SSSR count). The SMILES string of the molecule is CCOCCCNC(=O)/C(C#N)=C\N(Cc1ccccc1)C(C)C. The van der Waals surface area contributed by atoms with Crippen molar-refractivity contribution in [3.05, 3.63) is 47.7 Å². The lowest BCUT2D eigenvalue weighted by atomic mass is 10.2. The second kappa shape index (κ2) is 11.3. The van der Waals surface area contributed by atoms with Gasteiger partial charge in [-0.3, -0.25) is 4.79 Å². The molecule has 0 bridgehead atoms. The fraction of sp³-hybridized carbons (Fsp3) is 0.474. The Bertz CT molecular complexity index is 562. The molecular formula is C19H27N3O2. The molecule has 0 unspecified atom stereocenters. The first-order valence-electron chi connectivity index (χ1n) is 8.36. The van der Waals surface area contributed by atoms with Gasteiger partial charge in [0.15, 0.2) is 0 Å². The second-order valence-electron chi connectivity index (χ2n) is 5.71. The monoisotopic (exact) mass is 329 g/mol. The Kier molecular flexibility index (Phi) is 9.25. The van der Waals surface area contributed by atoms with Crippen LogP contribution in [0, 0.1) is 11.3 Å². The van der Waals surface area contributed by atoms with E-state index in [1.807, 2.05) is 62.1 Å². The molecule has 1 aromatic rings. The highest BCUT2D eigenvalue weighted by Gasteiger charge is 2.13. The summed E-state index contributed by atoms with van der Waals surface area (Å²) >= 11 is 0. The van der Waals surface area contributed by atoms with E-state index >= 15 is 0 Å². The van der Waals surface area contributed by atoms with Crippen LogP contribution in [0.2, 0.25) is 0 Å². The van der Waals surface area contributed by atoms with E-state index in [0.717, 1.165) is 12.0 Å². The van der Waals surface area contributed by atoms with Gasteiger partial charge in [-0.2, -0.15) is 5.26 Å². The molecule has 0 radical (unpaired) electrons. The Morgan fingerprint density at radius 3 is 2.67 bits per heavy atom. The lowest BCUT2D eigenvalue weighted by molar-refractivity contribution is -0.117. The van der Waals surface area contributed by atoms with E-state index in [1.54, 1.807) is 6.20 Å². The average molecular weight is 329 g/mol. The van der Waals surface area contributed by atoms with Crippen LogP contribution < -0.4 is 5.32 Å². The minimum atomic E-state index is -0.340. The minimum absolute atomic E-state index is 0.121. The summed E-state index contributed by atoms with van der Waals surface area (Å²) in [5.74, 6) is -0.340. The number of hydrogen-bond donors (Lipinski definition) is 1. The number of nitrogens with zero attached hydrogens (tertiary/aromatic N) is 2. The van der Waals surface area contributed by atoms with Gasteiger partial charge in [-0.25, -0.2) is 0 Å². The van der Waals surface area contributed by atoms with E-state index in [2.05, 4.69) is 5.32 Å². The number of rotatable bonds is 10.